The number of thiophene rings is 1. The molecule has 1 heterocycles. The minimum Gasteiger partial charge on any atom is -0.390 e. The van der Waals surface area contributed by atoms with Gasteiger partial charge in [0.15, 0.2) is 0 Å². The summed E-state index contributed by atoms with van der Waals surface area (Å²) in [5.41, 5.74) is 1.38. The maximum Gasteiger partial charge on any atom is 0.0791 e. The minimum atomic E-state index is -0.321. The van der Waals surface area contributed by atoms with Gasteiger partial charge >= 0.3 is 0 Å². The second-order valence-corrected chi connectivity index (χ2v) is 6.39. The second kappa shape index (κ2) is 6.50. The molecule has 0 aliphatic carbocycles. The average Bonchev–Trinajstić information content (AvgIpc) is 2.66. The molecule has 0 aromatic carbocycles. The van der Waals surface area contributed by atoms with E-state index in [1.54, 1.807) is 11.3 Å². The van der Waals surface area contributed by atoms with Crippen LogP contribution in [0.4, 0.5) is 0 Å². The van der Waals surface area contributed by atoms with Gasteiger partial charge in [-0.1, -0.05) is 0 Å². The lowest BCUT2D eigenvalue weighted by molar-refractivity contribution is 0.114. The summed E-state index contributed by atoms with van der Waals surface area (Å²) < 4.78 is 0. The number of β-amino-alcohol motifs (C(OH)–C–C–N with tert-alkyl or cyclic N) is 1. The molecule has 1 aromatic rings. The lowest BCUT2D eigenvalue weighted by atomic mass is 10.1. The monoisotopic (exact) mass is 256 g/mol. The second-order valence-electron chi connectivity index (χ2n) is 5.61. The first-order valence-corrected chi connectivity index (χ1v) is 6.94. The zero-order chi connectivity index (χ0) is 12.9. The van der Waals surface area contributed by atoms with Gasteiger partial charge in [-0.25, -0.2) is 0 Å². The average molecular weight is 256 g/mol. The fraction of sp³-hybridized carbons (Fsp3) is 0.692. The van der Waals surface area contributed by atoms with E-state index in [0.717, 1.165) is 6.54 Å². The van der Waals surface area contributed by atoms with Crippen LogP contribution in [0.5, 0.6) is 0 Å². The van der Waals surface area contributed by atoms with Crippen molar-refractivity contribution in [1.29, 1.82) is 0 Å². The van der Waals surface area contributed by atoms with Gasteiger partial charge in [0.25, 0.3) is 0 Å². The summed E-state index contributed by atoms with van der Waals surface area (Å²) in [7, 11) is 2.04. The molecule has 0 saturated heterocycles. The Balaban J connectivity index is 2.24. The van der Waals surface area contributed by atoms with Crippen molar-refractivity contribution in [1.82, 2.24) is 10.2 Å². The normalized spacial score (nSPS) is 14.2. The molecule has 17 heavy (non-hydrogen) atoms. The highest BCUT2D eigenvalue weighted by molar-refractivity contribution is 7.07. The number of aliphatic hydroxyl groups is 1. The molecule has 0 saturated carbocycles. The van der Waals surface area contributed by atoms with Crippen molar-refractivity contribution < 1.29 is 5.11 Å². The molecular weight excluding hydrogens is 232 g/mol. The van der Waals surface area contributed by atoms with Crippen LogP contribution in [-0.2, 0) is 6.54 Å². The first kappa shape index (κ1) is 14.6. The van der Waals surface area contributed by atoms with Crippen molar-refractivity contribution in [2.45, 2.75) is 39.0 Å². The molecule has 0 bridgehead atoms. The first-order valence-electron chi connectivity index (χ1n) is 5.99. The Morgan fingerprint density at radius 3 is 2.71 bits per heavy atom. The minimum absolute atomic E-state index is 0.0624. The SMILES string of the molecule is CN(Cc1ccsc1)CC(O)CNC(C)(C)C. The van der Waals surface area contributed by atoms with Gasteiger partial charge in [0.1, 0.15) is 0 Å². The Morgan fingerprint density at radius 1 is 1.47 bits per heavy atom. The molecule has 0 fully saturated rings. The molecule has 1 aromatic heterocycles. The molecule has 98 valence electrons. The van der Waals surface area contributed by atoms with E-state index in [1.807, 2.05) is 7.05 Å². The van der Waals surface area contributed by atoms with Crippen LogP contribution >= 0.6 is 11.3 Å². The summed E-state index contributed by atoms with van der Waals surface area (Å²) in [6.07, 6.45) is -0.321. The fourth-order valence-corrected chi connectivity index (χ4v) is 2.27. The molecule has 1 unspecified atom stereocenters. The lowest BCUT2D eigenvalue weighted by Gasteiger charge is -2.25. The summed E-state index contributed by atoms with van der Waals surface area (Å²) in [6, 6.07) is 2.13. The summed E-state index contributed by atoms with van der Waals surface area (Å²) in [5.74, 6) is 0. The Bertz CT molecular complexity index is 306. The number of nitrogens with one attached hydrogen (secondary N) is 1. The van der Waals surface area contributed by atoms with Crippen LogP contribution < -0.4 is 5.32 Å². The van der Waals surface area contributed by atoms with Crippen LogP contribution in [0.25, 0.3) is 0 Å². The zero-order valence-corrected chi connectivity index (χ0v) is 12.0. The van der Waals surface area contributed by atoms with E-state index in [4.69, 9.17) is 0 Å². The van der Waals surface area contributed by atoms with Gasteiger partial charge in [-0.3, -0.25) is 4.90 Å². The molecular formula is C13H24N2OS. The number of hydrogen-bond donors (Lipinski definition) is 2. The van der Waals surface area contributed by atoms with Crippen molar-refractivity contribution in [3.8, 4) is 0 Å². The van der Waals surface area contributed by atoms with Crippen LogP contribution in [0.1, 0.15) is 26.3 Å². The third-order valence-corrected chi connectivity index (χ3v) is 3.16. The highest BCUT2D eigenvalue weighted by Gasteiger charge is 2.13. The molecule has 1 rings (SSSR count). The summed E-state index contributed by atoms with van der Waals surface area (Å²) in [5, 5.41) is 17.5. The van der Waals surface area contributed by atoms with Crippen molar-refractivity contribution in [2.24, 2.45) is 0 Å². The predicted molar refractivity (Wildman–Crippen MR) is 74.4 cm³/mol. The Hall–Kier alpha value is -0.420. The van der Waals surface area contributed by atoms with E-state index in [9.17, 15) is 5.11 Å². The number of likely N-dealkylation sites (N-methyl/N-ethyl adjacent to an activating group) is 1. The summed E-state index contributed by atoms with van der Waals surface area (Å²) in [4.78, 5) is 2.15. The highest BCUT2D eigenvalue weighted by atomic mass is 32.1. The Morgan fingerprint density at radius 2 is 2.18 bits per heavy atom. The van der Waals surface area contributed by atoms with Crippen LogP contribution in [-0.4, -0.2) is 41.8 Å². The quantitative estimate of drug-likeness (QED) is 0.816. The van der Waals surface area contributed by atoms with Gasteiger partial charge in [0.2, 0.25) is 0 Å². The molecule has 0 amide bonds. The highest BCUT2D eigenvalue weighted by Crippen LogP contribution is 2.08. The molecule has 0 aliphatic heterocycles. The van der Waals surface area contributed by atoms with Crippen molar-refractivity contribution in [3.05, 3.63) is 22.4 Å². The van der Waals surface area contributed by atoms with Gasteiger partial charge in [-0.05, 0) is 50.2 Å². The molecule has 0 radical (unpaired) electrons. The maximum absolute atomic E-state index is 9.91. The standard InChI is InChI=1S/C13H24N2OS/c1-13(2,3)14-7-12(16)9-15(4)8-11-5-6-17-10-11/h5-6,10,12,14,16H,7-9H2,1-4H3. The number of rotatable bonds is 6. The largest absolute Gasteiger partial charge is 0.390 e. The van der Waals surface area contributed by atoms with Gasteiger partial charge in [-0.2, -0.15) is 11.3 Å². The van der Waals surface area contributed by atoms with Crippen LogP contribution in [0.15, 0.2) is 16.8 Å². The molecule has 1 atom stereocenters. The van der Waals surface area contributed by atoms with E-state index in [-0.39, 0.29) is 11.6 Å². The molecule has 0 aliphatic rings. The zero-order valence-electron chi connectivity index (χ0n) is 11.2. The molecule has 0 spiro atoms. The lowest BCUT2D eigenvalue weighted by Crippen LogP contribution is -2.44. The Kier molecular flexibility index (Phi) is 5.59. The molecule has 3 nitrogen and oxygen atoms in total. The smallest absolute Gasteiger partial charge is 0.0791 e. The van der Waals surface area contributed by atoms with Crippen LogP contribution in [0, 0.1) is 0 Å². The van der Waals surface area contributed by atoms with Gasteiger partial charge in [-0.15, -0.1) is 0 Å². The maximum atomic E-state index is 9.91. The predicted octanol–water partition coefficient (Wildman–Crippen LogP) is 1.93. The van der Waals surface area contributed by atoms with Gasteiger partial charge in [0, 0.05) is 25.2 Å². The fourth-order valence-electron chi connectivity index (χ4n) is 1.61. The third kappa shape index (κ3) is 6.78. The number of hydrogen-bond acceptors (Lipinski definition) is 4. The van der Waals surface area contributed by atoms with Gasteiger partial charge in [0.05, 0.1) is 6.10 Å². The van der Waals surface area contributed by atoms with E-state index >= 15 is 0 Å². The van der Waals surface area contributed by atoms with Crippen molar-refractivity contribution >= 4 is 11.3 Å². The van der Waals surface area contributed by atoms with E-state index in [2.05, 4.69) is 47.8 Å². The van der Waals surface area contributed by atoms with Gasteiger partial charge < -0.3 is 10.4 Å². The van der Waals surface area contributed by atoms with E-state index in [1.165, 1.54) is 5.56 Å². The number of aliphatic hydroxyl groups excluding tert-OH is 1. The van der Waals surface area contributed by atoms with Crippen molar-refractivity contribution in [2.75, 3.05) is 20.1 Å². The van der Waals surface area contributed by atoms with Crippen LogP contribution in [0.3, 0.4) is 0 Å². The molecule has 2 N–H and O–H groups in total. The van der Waals surface area contributed by atoms with Crippen molar-refractivity contribution in [3.63, 3.8) is 0 Å². The topological polar surface area (TPSA) is 35.5 Å². The van der Waals surface area contributed by atoms with E-state index < -0.39 is 0 Å². The Labute approximate surface area is 108 Å². The molecule has 4 heteroatoms. The number of nitrogens with zero attached hydrogens (tertiary/aromatic N) is 1. The van der Waals surface area contributed by atoms with E-state index in [0.29, 0.717) is 13.1 Å². The first-order chi connectivity index (χ1) is 7.87. The van der Waals surface area contributed by atoms with Crippen LogP contribution in [0.2, 0.25) is 0 Å². The summed E-state index contributed by atoms with van der Waals surface area (Å²) in [6.45, 7) is 8.55. The third-order valence-electron chi connectivity index (χ3n) is 2.42. The summed E-state index contributed by atoms with van der Waals surface area (Å²) >= 11 is 1.71.